The number of methoxy groups -OCH3 is 1. The molecule has 0 radical (unpaired) electrons. The number of hydrogen-bond donors (Lipinski definition) is 3. The number of aromatic hydroxyl groups is 1. The first-order valence-electron chi connectivity index (χ1n) is 7.62. The highest BCUT2D eigenvalue weighted by atomic mass is 32.1. The van der Waals surface area contributed by atoms with Crippen LogP contribution in [0.3, 0.4) is 0 Å². The third-order valence-corrected chi connectivity index (χ3v) is 4.85. The van der Waals surface area contributed by atoms with Gasteiger partial charge in [0.1, 0.15) is 0 Å². The van der Waals surface area contributed by atoms with E-state index in [1.807, 2.05) is 0 Å². The van der Waals surface area contributed by atoms with E-state index in [2.05, 4.69) is 15.8 Å². The largest absolute Gasteiger partial charge is 0.504 e. The van der Waals surface area contributed by atoms with Gasteiger partial charge in [-0.1, -0.05) is 6.42 Å². The van der Waals surface area contributed by atoms with Gasteiger partial charge in [0.2, 0.25) is 0 Å². The Bertz CT molecular complexity index is 591. The topological polar surface area (TPSA) is 65.9 Å². The molecule has 0 amide bonds. The van der Waals surface area contributed by atoms with Gasteiger partial charge in [-0.05, 0) is 67.1 Å². The van der Waals surface area contributed by atoms with Crippen molar-refractivity contribution in [2.24, 2.45) is 16.9 Å². The van der Waals surface area contributed by atoms with Crippen LogP contribution >= 0.6 is 12.2 Å². The van der Waals surface area contributed by atoms with Crippen LogP contribution in [-0.4, -0.2) is 29.6 Å². The molecule has 2 bridgehead atoms. The average Bonchev–Trinajstić information content (AvgIpc) is 3.11. The second kappa shape index (κ2) is 6.52. The first-order valence-corrected chi connectivity index (χ1v) is 8.03. The van der Waals surface area contributed by atoms with Crippen molar-refractivity contribution in [3.05, 3.63) is 23.8 Å². The number of phenolic OH excluding ortho intramolecular Hbond substituents is 1. The van der Waals surface area contributed by atoms with Gasteiger partial charge >= 0.3 is 0 Å². The molecule has 3 atom stereocenters. The molecular formula is C16H21N3O2S. The molecule has 118 valence electrons. The van der Waals surface area contributed by atoms with E-state index in [4.69, 9.17) is 17.0 Å². The van der Waals surface area contributed by atoms with Crippen molar-refractivity contribution >= 4 is 23.5 Å². The molecule has 0 spiro atoms. The van der Waals surface area contributed by atoms with Crippen molar-refractivity contribution in [2.45, 2.75) is 31.7 Å². The number of hydrogen-bond acceptors (Lipinski definition) is 4. The zero-order valence-corrected chi connectivity index (χ0v) is 13.4. The minimum Gasteiger partial charge on any atom is -0.504 e. The molecule has 6 heteroatoms. The Morgan fingerprint density at radius 1 is 1.41 bits per heavy atom. The maximum Gasteiger partial charge on any atom is 0.187 e. The van der Waals surface area contributed by atoms with E-state index in [0.717, 1.165) is 17.4 Å². The van der Waals surface area contributed by atoms with Crippen LogP contribution in [0.1, 0.15) is 31.2 Å². The lowest BCUT2D eigenvalue weighted by Crippen LogP contribution is -2.42. The molecule has 3 rings (SSSR count). The Kier molecular flexibility index (Phi) is 4.47. The maximum atomic E-state index is 9.54. The molecule has 22 heavy (non-hydrogen) atoms. The van der Waals surface area contributed by atoms with Gasteiger partial charge in [-0.25, -0.2) is 0 Å². The third-order valence-electron chi connectivity index (χ3n) is 4.64. The van der Waals surface area contributed by atoms with Crippen LogP contribution in [0.4, 0.5) is 0 Å². The van der Waals surface area contributed by atoms with Crippen LogP contribution in [0.25, 0.3) is 0 Å². The molecule has 2 aliphatic rings. The molecule has 1 aromatic rings. The van der Waals surface area contributed by atoms with Crippen LogP contribution in [0, 0.1) is 11.8 Å². The number of phenols is 1. The number of hydrazone groups is 1. The predicted octanol–water partition coefficient (Wildman–Crippen LogP) is 2.39. The van der Waals surface area contributed by atoms with Crippen LogP contribution in [0.15, 0.2) is 23.3 Å². The molecule has 2 fully saturated rings. The molecule has 1 aromatic carbocycles. The summed E-state index contributed by atoms with van der Waals surface area (Å²) in [4.78, 5) is 0. The zero-order chi connectivity index (χ0) is 15.5. The van der Waals surface area contributed by atoms with Crippen molar-refractivity contribution < 1.29 is 9.84 Å². The summed E-state index contributed by atoms with van der Waals surface area (Å²) in [5, 5.41) is 17.6. The number of nitrogens with zero attached hydrogens (tertiary/aromatic N) is 1. The molecular weight excluding hydrogens is 298 g/mol. The highest BCUT2D eigenvalue weighted by molar-refractivity contribution is 7.80. The van der Waals surface area contributed by atoms with Gasteiger partial charge in [-0.15, -0.1) is 0 Å². The molecule has 0 unspecified atom stereocenters. The lowest BCUT2D eigenvalue weighted by molar-refractivity contribution is 0.373. The monoisotopic (exact) mass is 319 g/mol. The highest BCUT2D eigenvalue weighted by Crippen LogP contribution is 2.44. The molecule has 0 heterocycles. The van der Waals surface area contributed by atoms with Gasteiger partial charge in [0.25, 0.3) is 0 Å². The summed E-state index contributed by atoms with van der Waals surface area (Å²) < 4.78 is 5.06. The minimum atomic E-state index is 0.112. The smallest absolute Gasteiger partial charge is 0.187 e. The van der Waals surface area contributed by atoms with E-state index >= 15 is 0 Å². The van der Waals surface area contributed by atoms with E-state index in [-0.39, 0.29) is 5.75 Å². The minimum absolute atomic E-state index is 0.112. The average molecular weight is 319 g/mol. The quantitative estimate of drug-likeness (QED) is 0.452. The van der Waals surface area contributed by atoms with Gasteiger partial charge in [0.05, 0.1) is 13.3 Å². The third kappa shape index (κ3) is 3.32. The summed E-state index contributed by atoms with van der Waals surface area (Å²) in [5.74, 6) is 2.20. The van der Waals surface area contributed by atoms with Crippen molar-refractivity contribution in [2.75, 3.05) is 7.11 Å². The van der Waals surface area contributed by atoms with Gasteiger partial charge < -0.3 is 15.2 Å². The van der Waals surface area contributed by atoms with E-state index in [1.54, 1.807) is 24.4 Å². The molecule has 5 nitrogen and oxygen atoms in total. The van der Waals surface area contributed by atoms with E-state index in [9.17, 15) is 5.11 Å². The fourth-order valence-electron chi connectivity index (χ4n) is 3.56. The van der Waals surface area contributed by atoms with Crippen LogP contribution in [0.5, 0.6) is 11.5 Å². The number of fused-ring (bicyclic) bond motifs is 2. The predicted molar refractivity (Wildman–Crippen MR) is 90.4 cm³/mol. The lowest BCUT2D eigenvalue weighted by Gasteiger charge is -2.23. The summed E-state index contributed by atoms with van der Waals surface area (Å²) in [7, 11) is 1.52. The second-order valence-electron chi connectivity index (χ2n) is 6.06. The van der Waals surface area contributed by atoms with Crippen molar-refractivity contribution in [1.82, 2.24) is 10.7 Å². The summed E-state index contributed by atoms with van der Waals surface area (Å²) in [6, 6.07) is 5.55. The van der Waals surface area contributed by atoms with Crippen molar-refractivity contribution in [3.8, 4) is 11.5 Å². The van der Waals surface area contributed by atoms with Gasteiger partial charge in [0.15, 0.2) is 16.6 Å². The van der Waals surface area contributed by atoms with Gasteiger partial charge in [0, 0.05) is 6.04 Å². The van der Waals surface area contributed by atoms with E-state index in [0.29, 0.717) is 16.9 Å². The Morgan fingerprint density at radius 2 is 2.27 bits per heavy atom. The zero-order valence-electron chi connectivity index (χ0n) is 12.6. The van der Waals surface area contributed by atoms with Crippen LogP contribution in [-0.2, 0) is 0 Å². The summed E-state index contributed by atoms with van der Waals surface area (Å²) in [5.41, 5.74) is 3.68. The van der Waals surface area contributed by atoms with Gasteiger partial charge in [-0.2, -0.15) is 5.10 Å². The van der Waals surface area contributed by atoms with E-state index in [1.165, 1.54) is 32.8 Å². The fraction of sp³-hybridized carbons (Fsp3) is 0.500. The van der Waals surface area contributed by atoms with Crippen molar-refractivity contribution in [3.63, 3.8) is 0 Å². The molecule has 0 aromatic heterocycles. The highest BCUT2D eigenvalue weighted by Gasteiger charge is 2.39. The fourth-order valence-corrected chi connectivity index (χ4v) is 3.77. The van der Waals surface area contributed by atoms with Crippen molar-refractivity contribution in [1.29, 1.82) is 0 Å². The van der Waals surface area contributed by atoms with Gasteiger partial charge in [-0.3, -0.25) is 5.43 Å². The van der Waals surface area contributed by atoms with E-state index < -0.39 is 0 Å². The summed E-state index contributed by atoms with van der Waals surface area (Å²) in [6.45, 7) is 0. The number of benzene rings is 1. The molecule has 3 N–H and O–H groups in total. The molecule has 0 aliphatic heterocycles. The maximum absolute atomic E-state index is 9.54. The van der Waals surface area contributed by atoms with Crippen LogP contribution in [0.2, 0.25) is 0 Å². The molecule has 0 saturated heterocycles. The molecule has 2 saturated carbocycles. The first kappa shape index (κ1) is 15.1. The molecule has 2 aliphatic carbocycles. The number of nitrogens with one attached hydrogen (secondary N) is 2. The standard InChI is InChI=1S/C16H21N3O2S/c1-21-15-8-11(3-5-14(15)20)9-17-19-16(22)18-13-7-10-2-4-12(13)6-10/h3,5,8-10,12-13,20H,2,4,6-7H2,1H3,(H2,18,19,22)/b17-9-/t10-,12-,13+/m1/s1. The Morgan fingerprint density at radius 3 is 2.95 bits per heavy atom. The Labute approximate surface area is 135 Å². The number of rotatable bonds is 4. The SMILES string of the molecule is COc1cc(/C=N\NC(=S)N[C@H]2C[C@@H]3CC[C@@H]2C3)ccc1O. The normalized spacial score (nSPS) is 26.3. The summed E-state index contributed by atoms with van der Waals surface area (Å²) in [6.07, 6.45) is 6.92. The Balaban J connectivity index is 1.50. The first-order chi connectivity index (χ1) is 10.7. The summed E-state index contributed by atoms with van der Waals surface area (Å²) >= 11 is 5.29. The lowest BCUT2D eigenvalue weighted by atomic mass is 9.96. The second-order valence-corrected chi connectivity index (χ2v) is 6.46. The number of thiocarbonyl (C=S) groups is 1. The van der Waals surface area contributed by atoms with Crippen LogP contribution < -0.4 is 15.5 Å². The Hall–Kier alpha value is -1.82. The number of ether oxygens (including phenoxy) is 1.